The van der Waals surface area contributed by atoms with Crippen molar-refractivity contribution in [1.82, 2.24) is 19.5 Å². The Morgan fingerprint density at radius 1 is 1.10 bits per heavy atom. The molecule has 102 valence electrons. The zero-order valence-electron chi connectivity index (χ0n) is 11.5. The molecular weight excluding hydrogens is 252 g/mol. The van der Waals surface area contributed by atoms with Gasteiger partial charge >= 0.3 is 0 Å². The van der Waals surface area contributed by atoms with E-state index in [0.717, 1.165) is 11.2 Å². The molecule has 0 aliphatic heterocycles. The highest BCUT2D eigenvalue weighted by Gasteiger charge is 2.12. The second-order valence-electron chi connectivity index (χ2n) is 4.87. The van der Waals surface area contributed by atoms with Crippen LogP contribution in [0.3, 0.4) is 0 Å². The van der Waals surface area contributed by atoms with E-state index in [-0.39, 0.29) is 0 Å². The smallest absolute Gasteiger partial charge is 0.245 e. The summed E-state index contributed by atoms with van der Waals surface area (Å²) in [7, 11) is 0. The summed E-state index contributed by atoms with van der Waals surface area (Å²) in [5.41, 5.74) is 2.61. The molecule has 0 atom stereocenters. The van der Waals surface area contributed by atoms with Crippen LogP contribution in [0, 0.1) is 0 Å². The van der Waals surface area contributed by atoms with Crippen LogP contribution in [-0.2, 0) is 6.61 Å². The Morgan fingerprint density at radius 3 is 2.65 bits per heavy atom. The molecule has 0 radical (unpaired) electrons. The van der Waals surface area contributed by atoms with E-state index in [1.54, 1.807) is 6.33 Å². The van der Waals surface area contributed by atoms with Crippen LogP contribution in [0.1, 0.15) is 25.5 Å². The summed E-state index contributed by atoms with van der Waals surface area (Å²) in [5, 5.41) is 0. The monoisotopic (exact) mass is 268 g/mol. The molecule has 0 amide bonds. The van der Waals surface area contributed by atoms with Gasteiger partial charge in [0.15, 0.2) is 11.2 Å². The first-order valence-electron chi connectivity index (χ1n) is 6.60. The molecule has 5 heteroatoms. The lowest BCUT2D eigenvalue weighted by atomic mass is 10.2. The maximum absolute atomic E-state index is 5.77. The highest BCUT2D eigenvalue weighted by Crippen LogP contribution is 2.22. The molecule has 5 nitrogen and oxygen atoms in total. The van der Waals surface area contributed by atoms with Gasteiger partial charge in [0.1, 0.15) is 12.9 Å². The minimum Gasteiger partial charge on any atom is -0.471 e. The Balaban J connectivity index is 1.89. The molecule has 0 fully saturated rings. The molecule has 20 heavy (non-hydrogen) atoms. The van der Waals surface area contributed by atoms with Crippen molar-refractivity contribution < 1.29 is 4.74 Å². The van der Waals surface area contributed by atoms with Crippen molar-refractivity contribution in [2.24, 2.45) is 0 Å². The maximum Gasteiger partial charge on any atom is 0.245 e. The van der Waals surface area contributed by atoms with Crippen molar-refractivity contribution in [3.05, 3.63) is 48.5 Å². The quantitative estimate of drug-likeness (QED) is 0.730. The van der Waals surface area contributed by atoms with E-state index in [0.29, 0.717) is 24.0 Å². The number of hydrogen-bond donors (Lipinski definition) is 0. The predicted molar refractivity (Wildman–Crippen MR) is 76.5 cm³/mol. The maximum atomic E-state index is 5.77. The third-order valence-corrected chi connectivity index (χ3v) is 3.10. The molecular formula is C15H16N4O. The molecule has 3 aromatic rings. The van der Waals surface area contributed by atoms with Crippen LogP contribution in [0.2, 0.25) is 0 Å². The van der Waals surface area contributed by atoms with E-state index >= 15 is 0 Å². The van der Waals surface area contributed by atoms with E-state index in [9.17, 15) is 0 Å². The zero-order chi connectivity index (χ0) is 13.9. The first kappa shape index (κ1) is 12.6. The number of imidazole rings is 1. The fourth-order valence-electron chi connectivity index (χ4n) is 2.04. The molecule has 0 unspecified atom stereocenters. The third kappa shape index (κ3) is 2.34. The molecule has 0 N–H and O–H groups in total. The summed E-state index contributed by atoms with van der Waals surface area (Å²) >= 11 is 0. The van der Waals surface area contributed by atoms with Gasteiger partial charge in [0.2, 0.25) is 5.88 Å². The molecule has 0 saturated carbocycles. The largest absolute Gasteiger partial charge is 0.471 e. The molecule has 2 heterocycles. The number of benzene rings is 1. The number of ether oxygens (including phenoxy) is 1. The molecule has 2 aromatic heterocycles. The summed E-state index contributed by atoms with van der Waals surface area (Å²) in [4.78, 5) is 12.8. The Hall–Kier alpha value is -2.43. The van der Waals surface area contributed by atoms with Gasteiger partial charge < -0.3 is 9.30 Å². The summed E-state index contributed by atoms with van der Waals surface area (Å²) in [6, 6.07) is 10.3. The number of rotatable bonds is 4. The lowest BCUT2D eigenvalue weighted by Crippen LogP contribution is -2.01. The SMILES string of the molecule is CC(C)n1cnc2c(OCc3ccccc3)ncnc21. The van der Waals surface area contributed by atoms with E-state index in [4.69, 9.17) is 4.74 Å². The lowest BCUT2D eigenvalue weighted by molar-refractivity contribution is 0.297. The Kier molecular flexibility index (Phi) is 3.33. The van der Waals surface area contributed by atoms with Gasteiger partial charge in [-0.2, -0.15) is 4.98 Å². The summed E-state index contributed by atoms with van der Waals surface area (Å²) in [6.07, 6.45) is 3.29. The average Bonchev–Trinajstić information content (AvgIpc) is 2.91. The molecule has 0 aliphatic carbocycles. The van der Waals surface area contributed by atoms with Crippen LogP contribution in [0.4, 0.5) is 0 Å². The van der Waals surface area contributed by atoms with E-state index in [2.05, 4.69) is 28.8 Å². The highest BCUT2D eigenvalue weighted by molar-refractivity contribution is 5.76. The summed E-state index contributed by atoms with van der Waals surface area (Å²) in [5.74, 6) is 0.526. The summed E-state index contributed by atoms with van der Waals surface area (Å²) in [6.45, 7) is 4.66. The number of hydrogen-bond acceptors (Lipinski definition) is 4. The molecule has 0 spiro atoms. The van der Waals surface area contributed by atoms with Gasteiger partial charge in [-0.1, -0.05) is 30.3 Å². The highest BCUT2D eigenvalue weighted by atomic mass is 16.5. The fraction of sp³-hybridized carbons (Fsp3) is 0.267. The van der Waals surface area contributed by atoms with Gasteiger partial charge in [0.05, 0.1) is 6.33 Å². The van der Waals surface area contributed by atoms with Crippen molar-refractivity contribution >= 4 is 11.2 Å². The zero-order valence-corrected chi connectivity index (χ0v) is 11.5. The van der Waals surface area contributed by atoms with Gasteiger partial charge in [0, 0.05) is 6.04 Å². The predicted octanol–water partition coefficient (Wildman–Crippen LogP) is 2.99. The lowest BCUT2D eigenvalue weighted by Gasteiger charge is -2.08. The first-order chi connectivity index (χ1) is 9.75. The van der Waals surface area contributed by atoms with Crippen molar-refractivity contribution in [1.29, 1.82) is 0 Å². The number of fused-ring (bicyclic) bond motifs is 1. The van der Waals surface area contributed by atoms with E-state index < -0.39 is 0 Å². The molecule has 3 rings (SSSR count). The van der Waals surface area contributed by atoms with Crippen molar-refractivity contribution in [2.75, 3.05) is 0 Å². The van der Waals surface area contributed by atoms with Crippen LogP contribution in [-0.4, -0.2) is 19.5 Å². The topological polar surface area (TPSA) is 52.8 Å². The minimum atomic E-state index is 0.303. The normalized spacial score (nSPS) is 11.2. The van der Waals surface area contributed by atoms with Crippen LogP contribution in [0.15, 0.2) is 43.0 Å². The standard InChI is InChI=1S/C15H16N4O/c1-11(2)19-10-18-13-14(19)16-9-17-15(13)20-8-12-6-4-3-5-7-12/h3-7,9-11H,8H2,1-2H3. The molecule has 0 bridgehead atoms. The minimum absolute atomic E-state index is 0.303. The van der Waals surface area contributed by atoms with Gasteiger partial charge in [-0.15, -0.1) is 0 Å². The van der Waals surface area contributed by atoms with Crippen molar-refractivity contribution in [3.63, 3.8) is 0 Å². The fourth-order valence-corrected chi connectivity index (χ4v) is 2.04. The second-order valence-corrected chi connectivity index (χ2v) is 4.87. The Labute approximate surface area is 117 Å². The van der Waals surface area contributed by atoms with E-state index in [1.807, 2.05) is 34.9 Å². The third-order valence-electron chi connectivity index (χ3n) is 3.10. The van der Waals surface area contributed by atoms with Crippen LogP contribution < -0.4 is 4.74 Å². The van der Waals surface area contributed by atoms with E-state index in [1.165, 1.54) is 6.33 Å². The first-order valence-corrected chi connectivity index (χ1v) is 6.60. The van der Waals surface area contributed by atoms with Gasteiger partial charge in [0.25, 0.3) is 0 Å². The molecule has 0 saturated heterocycles. The summed E-state index contributed by atoms with van der Waals surface area (Å²) < 4.78 is 7.78. The van der Waals surface area contributed by atoms with Gasteiger partial charge in [-0.25, -0.2) is 9.97 Å². The van der Waals surface area contributed by atoms with Crippen LogP contribution in [0.25, 0.3) is 11.2 Å². The van der Waals surface area contributed by atoms with Crippen LogP contribution in [0.5, 0.6) is 5.88 Å². The van der Waals surface area contributed by atoms with Crippen molar-refractivity contribution in [3.8, 4) is 5.88 Å². The van der Waals surface area contributed by atoms with Crippen LogP contribution >= 0.6 is 0 Å². The molecule has 0 aliphatic rings. The van der Waals surface area contributed by atoms with Crippen molar-refractivity contribution in [2.45, 2.75) is 26.5 Å². The Morgan fingerprint density at radius 2 is 1.90 bits per heavy atom. The average molecular weight is 268 g/mol. The van der Waals surface area contributed by atoms with Gasteiger partial charge in [-0.05, 0) is 19.4 Å². The number of nitrogens with zero attached hydrogens (tertiary/aromatic N) is 4. The second kappa shape index (κ2) is 5.28. The van der Waals surface area contributed by atoms with Gasteiger partial charge in [-0.3, -0.25) is 0 Å². The molecule has 1 aromatic carbocycles. The Bertz CT molecular complexity index is 706. The number of aromatic nitrogens is 4.